The maximum Gasteiger partial charge on any atom is 0.231 e. The first-order chi connectivity index (χ1) is 6.86. The Hall–Kier alpha value is -1.82. The van der Waals surface area contributed by atoms with Crippen molar-refractivity contribution in [1.29, 1.82) is 5.26 Å². The lowest BCUT2D eigenvalue weighted by molar-refractivity contribution is 0.395. The van der Waals surface area contributed by atoms with Crippen molar-refractivity contribution < 1.29 is 4.74 Å². The van der Waals surface area contributed by atoms with Crippen LogP contribution in [0, 0.1) is 11.3 Å². The molecule has 1 aliphatic carbocycles. The van der Waals surface area contributed by atoms with Gasteiger partial charge in [0.25, 0.3) is 0 Å². The van der Waals surface area contributed by atoms with Crippen LogP contribution in [0.25, 0.3) is 6.08 Å². The van der Waals surface area contributed by atoms with Gasteiger partial charge in [0.2, 0.25) is 5.88 Å². The van der Waals surface area contributed by atoms with Crippen LogP contribution in [0.1, 0.15) is 23.1 Å². The van der Waals surface area contributed by atoms with E-state index in [-0.39, 0.29) is 0 Å². The molecule has 1 aromatic rings. The average Bonchev–Trinajstić information content (AvgIpc) is 2.27. The van der Waals surface area contributed by atoms with Crippen molar-refractivity contribution in [2.45, 2.75) is 12.8 Å². The third kappa shape index (κ3) is 1.25. The van der Waals surface area contributed by atoms with E-state index in [1.54, 1.807) is 6.20 Å². The average molecular weight is 186 g/mol. The minimum absolute atomic E-state index is 0.432. The normalized spacial score (nSPS) is 13.1. The van der Waals surface area contributed by atoms with Gasteiger partial charge in [0.1, 0.15) is 11.6 Å². The SMILES string of the molecule is COc1ncc2c(c1C#N)CCC=C2. The van der Waals surface area contributed by atoms with E-state index in [0.717, 1.165) is 24.0 Å². The fourth-order valence-electron chi connectivity index (χ4n) is 1.67. The highest BCUT2D eigenvalue weighted by molar-refractivity contribution is 5.61. The molecule has 0 radical (unpaired) electrons. The molecule has 1 heterocycles. The van der Waals surface area contributed by atoms with Crippen molar-refractivity contribution >= 4 is 6.08 Å². The second-order valence-electron chi connectivity index (χ2n) is 3.13. The third-order valence-corrected chi connectivity index (χ3v) is 2.35. The monoisotopic (exact) mass is 186 g/mol. The first-order valence-corrected chi connectivity index (χ1v) is 4.49. The van der Waals surface area contributed by atoms with Crippen molar-refractivity contribution in [2.75, 3.05) is 7.11 Å². The lowest BCUT2D eigenvalue weighted by Crippen LogP contribution is -2.02. The topological polar surface area (TPSA) is 45.9 Å². The van der Waals surface area contributed by atoms with Crippen molar-refractivity contribution in [3.63, 3.8) is 0 Å². The number of rotatable bonds is 1. The zero-order valence-electron chi connectivity index (χ0n) is 7.95. The van der Waals surface area contributed by atoms with Crippen molar-refractivity contribution in [3.8, 4) is 11.9 Å². The van der Waals surface area contributed by atoms with E-state index in [0.29, 0.717) is 11.4 Å². The van der Waals surface area contributed by atoms with Gasteiger partial charge in [-0.15, -0.1) is 0 Å². The second kappa shape index (κ2) is 3.51. The van der Waals surface area contributed by atoms with E-state index in [1.165, 1.54) is 7.11 Å². The smallest absolute Gasteiger partial charge is 0.231 e. The summed E-state index contributed by atoms with van der Waals surface area (Å²) in [5.74, 6) is 0.432. The van der Waals surface area contributed by atoms with E-state index in [9.17, 15) is 0 Å². The van der Waals surface area contributed by atoms with Gasteiger partial charge in [-0.2, -0.15) is 5.26 Å². The van der Waals surface area contributed by atoms with Gasteiger partial charge in [0.15, 0.2) is 0 Å². The lowest BCUT2D eigenvalue weighted by atomic mass is 9.95. The minimum Gasteiger partial charge on any atom is -0.480 e. The molecule has 0 aromatic carbocycles. The van der Waals surface area contributed by atoms with E-state index in [1.807, 2.05) is 6.08 Å². The summed E-state index contributed by atoms with van der Waals surface area (Å²) in [6, 6.07) is 2.15. The highest BCUT2D eigenvalue weighted by Gasteiger charge is 2.15. The molecule has 0 aliphatic heterocycles. The number of ether oxygens (including phenoxy) is 1. The molecule has 1 aromatic heterocycles. The van der Waals surface area contributed by atoms with Gasteiger partial charge in [-0.05, 0) is 24.0 Å². The van der Waals surface area contributed by atoms with Gasteiger partial charge in [-0.25, -0.2) is 4.98 Å². The molecule has 0 atom stereocenters. The van der Waals surface area contributed by atoms with Crippen LogP contribution < -0.4 is 4.74 Å². The quantitative estimate of drug-likeness (QED) is 0.673. The first-order valence-electron chi connectivity index (χ1n) is 4.49. The van der Waals surface area contributed by atoms with Crippen LogP contribution in [-0.4, -0.2) is 12.1 Å². The van der Waals surface area contributed by atoms with Crippen molar-refractivity contribution in [2.24, 2.45) is 0 Å². The van der Waals surface area contributed by atoms with Crippen LogP contribution in [0.2, 0.25) is 0 Å². The fraction of sp³-hybridized carbons (Fsp3) is 0.273. The maximum absolute atomic E-state index is 9.01. The van der Waals surface area contributed by atoms with Gasteiger partial charge in [0, 0.05) is 6.20 Å². The summed E-state index contributed by atoms with van der Waals surface area (Å²) in [5, 5.41) is 9.01. The Morgan fingerprint density at radius 2 is 2.43 bits per heavy atom. The minimum atomic E-state index is 0.432. The molecule has 1 aliphatic rings. The molecular formula is C11H10N2O. The number of nitriles is 1. The van der Waals surface area contributed by atoms with E-state index < -0.39 is 0 Å². The zero-order chi connectivity index (χ0) is 9.97. The van der Waals surface area contributed by atoms with Gasteiger partial charge in [0.05, 0.1) is 7.11 Å². The molecule has 0 amide bonds. The van der Waals surface area contributed by atoms with Crippen LogP contribution in [0.3, 0.4) is 0 Å². The third-order valence-electron chi connectivity index (χ3n) is 2.35. The molecule has 14 heavy (non-hydrogen) atoms. The lowest BCUT2D eigenvalue weighted by Gasteiger charge is -2.13. The molecule has 2 rings (SSSR count). The number of hydrogen-bond acceptors (Lipinski definition) is 3. The first kappa shape index (κ1) is 8.76. The number of methoxy groups -OCH3 is 1. The summed E-state index contributed by atoms with van der Waals surface area (Å²) in [4.78, 5) is 4.09. The molecule has 70 valence electrons. The summed E-state index contributed by atoms with van der Waals surface area (Å²) in [6.07, 6.45) is 7.73. The molecule has 0 N–H and O–H groups in total. The maximum atomic E-state index is 9.01. The Morgan fingerprint density at radius 3 is 3.14 bits per heavy atom. The second-order valence-corrected chi connectivity index (χ2v) is 3.13. The number of pyridine rings is 1. The molecule has 0 saturated carbocycles. The Bertz CT molecular complexity index is 430. The number of fused-ring (bicyclic) bond motifs is 1. The summed E-state index contributed by atoms with van der Waals surface area (Å²) in [6.45, 7) is 0. The van der Waals surface area contributed by atoms with E-state index in [2.05, 4.69) is 17.1 Å². The van der Waals surface area contributed by atoms with Crippen LogP contribution in [0.4, 0.5) is 0 Å². The molecule has 3 heteroatoms. The fourth-order valence-corrected chi connectivity index (χ4v) is 1.67. The molecule has 0 bridgehead atoms. The Labute approximate surface area is 82.7 Å². The van der Waals surface area contributed by atoms with Gasteiger partial charge in [-0.1, -0.05) is 12.2 Å². The summed E-state index contributed by atoms with van der Waals surface area (Å²) < 4.78 is 5.04. The van der Waals surface area contributed by atoms with Crippen LogP contribution >= 0.6 is 0 Å². The molecule has 3 nitrogen and oxygen atoms in total. The van der Waals surface area contributed by atoms with Gasteiger partial charge < -0.3 is 4.74 Å². The Morgan fingerprint density at radius 1 is 1.57 bits per heavy atom. The molecule has 0 fully saturated rings. The molecular weight excluding hydrogens is 176 g/mol. The predicted molar refractivity (Wildman–Crippen MR) is 52.9 cm³/mol. The molecule has 0 unspecified atom stereocenters. The number of aromatic nitrogens is 1. The predicted octanol–water partition coefficient (Wildman–Crippen LogP) is 1.92. The zero-order valence-corrected chi connectivity index (χ0v) is 7.95. The summed E-state index contributed by atoms with van der Waals surface area (Å²) in [5.41, 5.74) is 2.67. The van der Waals surface area contributed by atoms with E-state index >= 15 is 0 Å². The molecule has 0 saturated heterocycles. The van der Waals surface area contributed by atoms with Crippen LogP contribution in [0.15, 0.2) is 12.3 Å². The largest absolute Gasteiger partial charge is 0.480 e. The Kier molecular flexibility index (Phi) is 2.19. The van der Waals surface area contributed by atoms with Gasteiger partial charge in [-0.3, -0.25) is 0 Å². The number of nitrogens with zero attached hydrogens (tertiary/aromatic N) is 2. The summed E-state index contributed by atoms with van der Waals surface area (Å²) >= 11 is 0. The number of hydrogen-bond donors (Lipinski definition) is 0. The van der Waals surface area contributed by atoms with Crippen LogP contribution in [-0.2, 0) is 6.42 Å². The number of allylic oxidation sites excluding steroid dienone is 1. The van der Waals surface area contributed by atoms with Gasteiger partial charge >= 0.3 is 0 Å². The van der Waals surface area contributed by atoms with Crippen molar-refractivity contribution in [3.05, 3.63) is 29.0 Å². The highest BCUT2D eigenvalue weighted by atomic mass is 16.5. The summed E-state index contributed by atoms with van der Waals surface area (Å²) in [7, 11) is 1.54. The van der Waals surface area contributed by atoms with E-state index in [4.69, 9.17) is 10.00 Å². The Balaban J connectivity index is 2.64. The molecule has 0 spiro atoms. The van der Waals surface area contributed by atoms with Crippen molar-refractivity contribution in [1.82, 2.24) is 4.98 Å². The van der Waals surface area contributed by atoms with Crippen LogP contribution in [0.5, 0.6) is 5.88 Å². The highest BCUT2D eigenvalue weighted by Crippen LogP contribution is 2.26. The standard InChI is InChI=1S/C11H10N2O/c1-14-11-10(6-12)9-5-3-2-4-8(9)7-13-11/h2,4,7H,3,5H2,1H3.